The van der Waals surface area contributed by atoms with Crippen LogP contribution in [0.25, 0.3) is 0 Å². The van der Waals surface area contributed by atoms with E-state index < -0.39 is 0 Å². The molecule has 0 bridgehead atoms. The second kappa shape index (κ2) is 5.84. The minimum absolute atomic E-state index is 0.299. The lowest BCUT2D eigenvalue weighted by Crippen LogP contribution is -2.06. The minimum atomic E-state index is 0.299. The third-order valence-electron chi connectivity index (χ3n) is 2.58. The molecule has 1 aromatic carbocycles. The van der Waals surface area contributed by atoms with Gasteiger partial charge in [-0.15, -0.1) is 0 Å². The number of benzene rings is 1. The van der Waals surface area contributed by atoms with E-state index in [1.54, 1.807) is 0 Å². The number of aromatic nitrogens is 2. The van der Waals surface area contributed by atoms with Crippen molar-refractivity contribution in [2.75, 3.05) is 6.54 Å². The van der Waals surface area contributed by atoms with Gasteiger partial charge in [-0.2, -0.15) is 0 Å². The molecule has 0 fully saturated rings. The van der Waals surface area contributed by atoms with Gasteiger partial charge < -0.3 is 10.5 Å². The van der Waals surface area contributed by atoms with Crippen LogP contribution >= 0.6 is 11.6 Å². The van der Waals surface area contributed by atoms with Crippen LogP contribution in [-0.4, -0.2) is 16.9 Å². The highest BCUT2D eigenvalue weighted by molar-refractivity contribution is 6.31. The Balaban J connectivity index is 2.14. The van der Waals surface area contributed by atoms with Crippen molar-refractivity contribution in [1.82, 2.24) is 10.3 Å². The molecule has 0 unspecified atom stereocenters. The summed E-state index contributed by atoms with van der Waals surface area (Å²) < 4.78 is 10.3. The van der Waals surface area contributed by atoms with Crippen molar-refractivity contribution in [1.29, 1.82) is 0 Å². The van der Waals surface area contributed by atoms with Gasteiger partial charge in [-0.25, -0.2) is 4.63 Å². The lowest BCUT2D eigenvalue weighted by Gasteiger charge is -2.11. The van der Waals surface area contributed by atoms with E-state index in [9.17, 15) is 0 Å². The Kier molecular flexibility index (Phi) is 4.17. The quantitative estimate of drug-likeness (QED) is 0.898. The molecule has 0 radical (unpaired) electrons. The first kappa shape index (κ1) is 12.9. The van der Waals surface area contributed by atoms with E-state index in [2.05, 4.69) is 14.9 Å². The molecule has 0 amide bonds. The zero-order chi connectivity index (χ0) is 13.0. The fraction of sp³-hybridized carbons (Fsp3) is 0.333. The molecule has 0 aliphatic carbocycles. The predicted octanol–water partition coefficient (Wildman–Crippen LogP) is 2.11. The standard InChI is InChI=1S/C12H14ClN3O2/c1-8-11(16-18-15-8)7-17-12-4-2-3-10(13)9(12)5-6-14/h2-4H,5-7,14H2,1H3. The normalized spacial score (nSPS) is 10.6. The third kappa shape index (κ3) is 2.80. The topological polar surface area (TPSA) is 74.2 Å². The average molecular weight is 268 g/mol. The van der Waals surface area contributed by atoms with Crippen molar-refractivity contribution >= 4 is 11.6 Å². The predicted molar refractivity (Wildman–Crippen MR) is 67.6 cm³/mol. The van der Waals surface area contributed by atoms with E-state index in [4.69, 9.17) is 22.1 Å². The van der Waals surface area contributed by atoms with Gasteiger partial charge in [0.25, 0.3) is 0 Å². The van der Waals surface area contributed by atoms with Gasteiger partial charge in [0.2, 0.25) is 0 Å². The molecule has 96 valence electrons. The summed E-state index contributed by atoms with van der Waals surface area (Å²) in [5, 5.41) is 8.11. The molecule has 18 heavy (non-hydrogen) atoms. The lowest BCUT2D eigenvalue weighted by atomic mass is 10.1. The molecule has 0 aliphatic rings. The van der Waals surface area contributed by atoms with Gasteiger partial charge in [0, 0.05) is 10.6 Å². The molecule has 2 rings (SSSR count). The van der Waals surface area contributed by atoms with Crippen LogP contribution in [0.15, 0.2) is 22.8 Å². The number of hydrogen-bond donors (Lipinski definition) is 1. The number of hydrogen-bond acceptors (Lipinski definition) is 5. The molecule has 2 aromatic rings. The van der Waals surface area contributed by atoms with Gasteiger partial charge in [-0.05, 0) is 32.0 Å². The highest BCUT2D eigenvalue weighted by Gasteiger charge is 2.10. The molecule has 0 aliphatic heterocycles. The summed E-state index contributed by atoms with van der Waals surface area (Å²) in [6, 6.07) is 5.52. The number of nitrogens with zero attached hydrogens (tertiary/aromatic N) is 2. The second-order valence-electron chi connectivity index (χ2n) is 3.84. The molecule has 0 spiro atoms. The SMILES string of the molecule is Cc1nonc1COc1cccc(Cl)c1CCN. The van der Waals surface area contributed by atoms with E-state index in [-0.39, 0.29) is 0 Å². The maximum atomic E-state index is 6.12. The highest BCUT2D eigenvalue weighted by Crippen LogP contribution is 2.27. The van der Waals surface area contributed by atoms with Crippen LogP contribution in [0.5, 0.6) is 5.75 Å². The van der Waals surface area contributed by atoms with Crippen molar-refractivity contribution < 1.29 is 9.37 Å². The van der Waals surface area contributed by atoms with Gasteiger partial charge in [0.15, 0.2) is 0 Å². The summed E-state index contributed by atoms with van der Waals surface area (Å²) in [6.07, 6.45) is 0.672. The van der Waals surface area contributed by atoms with Gasteiger partial charge in [-0.1, -0.05) is 28.0 Å². The van der Waals surface area contributed by atoms with Crippen LogP contribution in [0.2, 0.25) is 5.02 Å². The summed E-state index contributed by atoms with van der Waals surface area (Å²) in [7, 11) is 0. The van der Waals surface area contributed by atoms with E-state index >= 15 is 0 Å². The molecular weight excluding hydrogens is 254 g/mol. The van der Waals surface area contributed by atoms with Gasteiger partial charge >= 0.3 is 0 Å². The summed E-state index contributed by atoms with van der Waals surface area (Å²) in [4.78, 5) is 0. The monoisotopic (exact) mass is 267 g/mol. The zero-order valence-electron chi connectivity index (χ0n) is 10.0. The van der Waals surface area contributed by atoms with Crippen LogP contribution in [-0.2, 0) is 13.0 Å². The Hall–Kier alpha value is -1.59. The number of nitrogens with two attached hydrogens (primary N) is 1. The van der Waals surface area contributed by atoms with Crippen molar-refractivity contribution in [2.45, 2.75) is 20.0 Å². The molecule has 1 aromatic heterocycles. The first-order valence-electron chi connectivity index (χ1n) is 5.60. The number of aryl methyl sites for hydroxylation is 1. The number of halogens is 1. The van der Waals surface area contributed by atoms with E-state index in [1.165, 1.54) is 0 Å². The smallest absolute Gasteiger partial charge is 0.145 e. The maximum absolute atomic E-state index is 6.12. The van der Waals surface area contributed by atoms with Crippen molar-refractivity contribution in [3.05, 3.63) is 40.2 Å². The van der Waals surface area contributed by atoms with Gasteiger partial charge in [-0.3, -0.25) is 0 Å². The van der Waals surface area contributed by atoms with Crippen molar-refractivity contribution in [2.24, 2.45) is 5.73 Å². The summed E-state index contributed by atoms with van der Waals surface area (Å²) >= 11 is 6.12. The van der Waals surface area contributed by atoms with E-state index in [0.29, 0.717) is 30.3 Å². The van der Waals surface area contributed by atoms with Gasteiger partial charge in [0.1, 0.15) is 23.7 Å². The molecule has 6 heteroatoms. The Morgan fingerprint density at radius 2 is 2.22 bits per heavy atom. The first-order chi connectivity index (χ1) is 8.72. The summed E-state index contributed by atoms with van der Waals surface area (Å²) in [5.74, 6) is 0.718. The van der Waals surface area contributed by atoms with Crippen molar-refractivity contribution in [3.8, 4) is 5.75 Å². The second-order valence-corrected chi connectivity index (χ2v) is 4.25. The Morgan fingerprint density at radius 1 is 1.39 bits per heavy atom. The first-order valence-corrected chi connectivity index (χ1v) is 5.98. The van der Waals surface area contributed by atoms with Crippen molar-refractivity contribution in [3.63, 3.8) is 0 Å². The fourth-order valence-corrected chi connectivity index (χ4v) is 1.85. The maximum Gasteiger partial charge on any atom is 0.145 e. The Labute approximate surface area is 110 Å². The van der Waals surface area contributed by atoms with E-state index in [1.807, 2.05) is 25.1 Å². The van der Waals surface area contributed by atoms with Crippen LogP contribution in [0.1, 0.15) is 17.0 Å². The zero-order valence-corrected chi connectivity index (χ0v) is 10.8. The molecule has 0 saturated heterocycles. The molecule has 0 saturated carbocycles. The number of rotatable bonds is 5. The summed E-state index contributed by atoms with van der Waals surface area (Å²) in [6.45, 7) is 2.63. The molecule has 1 heterocycles. The van der Waals surface area contributed by atoms with Crippen LogP contribution in [0.3, 0.4) is 0 Å². The molecule has 5 nitrogen and oxygen atoms in total. The van der Waals surface area contributed by atoms with Crippen LogP contribution < -0.4 is 10.5 Å². The number of ether oxygens (including phenoxy) is 1. The average Bonchev–Trinajstić information content (AvgIpc) is 2.76. The van der Waals surface area contributed by atoms with Crippen LogP contribution in [0.4, 0.5) is 0 Å². The third-order valence-corrected chi connectivity index (χ3v) is 2.94. The molecule has 0 atom stereocenters. The Bertz CT molecular complexity index is 528. The largest absolute Gasteiger partial charge is 0.487 e. The molecular formula is C12H14ClN3O2. The van der Waals surface area contributed by atoms with Gasteiger partial charge in [0.05, 0.1) is 0 Å². The highest BCUT2D eigenvalue weighted by atomic mass is 35.5. The fourth-order valence-electron chi connectivity index (χ4n) is 1.59. The van der Waals surface area contributed by atoms with Crippen LogP contribution in [0, 0.1) is 6.92 Å². The van der Waals surface area contributed by atoms with E-state index in [0.717, 1.165) is 17.0 Å². The minimum Gasteiger partial charge on any atom is -0.487 e. The summed E-state index contributed by atoms with van der Waals surface area (Å²) in [5.41, 5.74) is 7.87. The Morgan fingerprint density at radius 3 is 2.89 bits per heavy atom. The molecule has 2 N–H and O–H groups in total. The lowest BCUT2D eigenvalue weighted by molar-refractivity contribution is 0.268.